The van der Waals surface area contributed by atoms with Gasteiger partial charge >= 0.3 is 0 Å². The van der Waals surface area contributed by atoms with Crippen LogP contribution >= 0.6 is 34.5 Å². The first kappa shape index (κ1) is 13.9. The zero-order chi connectivity index (χ0) is 13.0. The predicted octanol–water partition coefficient (Wildman–Crippen LogP) is 4.78. The van der Waals surface area contributed by atoms with Gasteiger partial charge in [0.05, 0.1) is 10.0 Å². The molecule has 1 nitrogen and oxygen atoms in total. The third-order valence-corrected chi connectivity index (χ3v) is 4.52. The van der Waals surface area contributed by atoms with Crippen LogP contribution in [0.2, 0.25) is 10.0 Å². The molecule has 1 unspecified atom stereocenters. The Morgan fingerprint density at radius 2 is 2.06 bits per heavy atom. The van der Waals surface area contributed by atoms with E-state index in [-0.39, 0.29) is 0 Å². The maximum atomic E-state index is 6.15. The zero-order valence-corrected chi connectivity index (χ0v) is 12.4. The Morgan fingerprint density at radius 3 is 2.78 bits per heavy atom. The van der Waals surface area contributed by atoms with Crippen molar-refractivity contribution in [3.05, 3.63) is 56.2 Å². The highest BCUT2D eigenvalue weighted by Crippen LogP contribution is 2.25. The topological polar surface area (TPSA) is 12.0 Å². The Hall–Kier alpha value is -0.540. The quantitative estimate of drug-likeness (QED) is 0.838. The van der Waals surface area contributed by atoms with Crippen LogP contribution in [0.5, 0.6) is 0 Å². The molecule has 0 spiro atoms. The standard InChI is InChI=1S/C14H15Cl2NS/c1-10(8-12-5-3-7-18-12)17-9-11-4-2-6-13(15)14(11)16/h2-7,10,17H,8-9H2,1H3. The number of benzene rings is 1. The minimum absolute atomic E-state index is 0.415. The van der Waals surface area contributed by atoms with Gasteiger partial charge in [-0.1, -0.05) is 41.4 Å². The fourth-order valence-corrected chi connectivity index (χ4v) is 2.99. The van der Waals surface area contributed by atoms with E-state index in [0.717, 1.165) is 18.5 Å². The number of hydrogen-bond donors (Lipinski definition) is 1. The summed E-state index contributed by atoms with van der Waals surface area (Å²) in [5.74, 6) is 0. The molecule has 0 saturated carbocycles. The first-order chi connectivity index (χ1) is 8.66. The van der Waals surface area contributed by atoms with E-state index in [2.05, 4.69) is 29.8 Å². The molecule has 4 heteroatoms. The van der Waals surface area contributed by atoms with Gasteiger partial charge in [0, 0.05) is 17.5 Å². The Kier molecular flexibility index (Phi) is 5.07. The van der Waals surface area contributed by atoms with Gasteiger partial charge in [0.15, 0.2) is 0 Å². The van der Waals surface area contributed by atoms with Crippen LogP contribution in [0.4, 0.5) is 0 Å². The van der Waals surface area contributed by atoms with Crippen molar-refractivity contribution in [2.45, 2.75) is 25.9 Å². The van der Waals surface area contributed by atoms with Crippen LogP contribution in [0.3, 0.4) is 0 Å². The lowest BCUT2D eigenvalue weighted by Gasteiger charge is -2.14. The van der Waals surface area contributed by atoms with Gasteiger partial charge in [0.25, 0.3) is 0 Å². The summed E-state index contributed by atoms with van der Waals surface area (Å²) >= 11 is 13.9. The molecular formula is C14H15Cl2NS. The molecule has 1 N–H and O–H groups in total. The Bertz CT molecular complexity index is 497. The van der Waals surface area contributed by atoms with Crippen LogP contribution in [0.1, 0.15) is 17.4 Å². The Balaban J connectivity index is 1.89. The van der Waals surface area contributed by atoms with Gasteiger partial charge in [-0.05, 0) is 36.4 Å². The molecule has 18 heavy (non-hydrogen) atoms. The molecule has 2 aromatic rings. The van der Waals surface area contributed by atoms with E-state index in [4.69, 9.17) is 23.2 Å². The lowest BCUT2D eigenvalue weighted by Crippen LogP contribution is -2.27. The summed E-state index contributed by atoms with van der Waals surface area (Å²) in [5.41, 5.74) is 1.04. The molecular weight excluding hydrogens is 285 g/mol. The highest BCUT2D eigenvalue weighted by Gasteiger charge is 2.07. The minimum atomic E-state index is 0.415. The molecule has 1 aromatic heterocycles. The molecule has 0 aliphatic carbocycles. The summed E-state index contributed by atoms with van der Waals surface area (Å²) < 4.78 is 0. The summed E-state index contributed by atoms with van der Waals surface area (Å²) in [5, 5.41) is 6.84. The maximum Gasteiger partial charge on any atom is 0.0637 e. The third-order valence-electron chi connectivity index (χ3n) is 2.76. The van der Waals surface area contributed by atoms with Crippen LogP contribution in [0, 0.1) is 0 Å². The molecule has 2 rings (SSSR count). The molecule has 0 radical (unpaired) electrons. The van der Waals surface area contributed by atoms with Gasteiger partial charge in [0.1, 0.15) is 0 Å². The van der Waals surface area contributed by atoms with E-state index in [1.54, 1.807) is 11.3 Å². The summed E-state index contributed by atoms with van der Waals surface area (Å²) in [6, 6.07) is 10.4. The number of rotatable bonds is 5. The van der Waals surface area contributed by atoms with Crippen LogP contribution < -0.4 is 5.32 Å². The molecule has 0 fully saturated rings. The maximum absolute atomic E-state index is 6.15. The summed E-state index contributed by atoms with van der Waals surface area (Å²) in [6.45, 7) is 2.92. The van der Waals surface area contributed by atoms with E-state index in [1.165, 1.54) is 4.88 Å². The molecule has 0 bridgehead atoms. The fraction of sp³-hybridized carbons (Fsp3) is 0.286. The monoisotopic (exact) mass is 299 g/mol. The number of nitrogens with one attached hydrogen (secondary N) is 1. The van der Waals surface area contributed by atoms with Gasteiger partial charge in [0.2, 0.25) is 0 Å². The van der Waals surface area contributed by atoms with Crippen molar-refractivity contribution in [1.82, 2.24) is 5.32 Å². The summed E-state index contributed by atoms with van der Waals surface area (Å²) in [7, 11) is 0. The second kappa shape index (κ2) is 6.58. The first-order valence-corrected chi connectivity index (χ1v) is 7.49. The highest BCUT2D eigenvalue weighted by molar-refractivity contribution is 7.09. The van der Waals surface area contributed by atoms with Crippen molar-refractivity contribution in [2.24, 2.45) is 0 Å². The van der Waals surface area contributed by atoms with Gasteiger partial charge in [-0.15, -0.1) is 11.3 Å². The second-order valence-corrected chi connectivity index (χ2v) is 6.10. The summed E-state index contributed by atoms with van der Waals surface area (Å²) in [4.78, 5) is 1.40. The zero-order valence-electron chi connectivity index (χ0n) is 10.1. The minimum Gasteiger partial charge on any atom is -0.310 e. The van der Waals surface area contributed by atoms with Crippen LogP contribution in [0.15, 0.2) is 35.7 Å². The Labute approximate surface area is 122 Å². The van der Waals surface area contributed by atoms with Crippen molar-refractivity contribution >= 4 is 34.5 Å². The summed E-state index contributed by atoms with van der Waals surface area (Å²) in [6.07, 6.45) is 1.04. The van der Waals surface area contributed by atoms with E-state index in [0.29, 0.717) is 16.1 Å². The largest absolute Gasteiger partial charge is 0.310 e. The SMILES string of the molecule is CC(Cc1cccs1)NCc1cccc(Cl)c1Cl. The van der Waals surface area contributed by atoms with Crippen molar-refractivity contribution in [3.63, 3.8) is 0 Å². The molecule has 1 aromatic carbocycles. The van der Waals surface area contributed by atoms with Crippen LogP contribution in [-0.4, -0.2) is 6.04 Å². The normalized spacial score (nSPS) is 12.6. The molecule has 0 aliphatic rings. The molecule has 0 amide bonds. The van der Waals surface area contributed by atoms with E-state index in [9.17, 15) is 0 Å². The molecule has 96 valence electrons. The second-order valence-electron chi connectivity index (χ2n) is 4.28. The number of halogens is 2. The van der Waals surface area contributed by atoms with Crippen molar-refractivity contribution in [2.75, 3.05) is 0 Å². The number of hydrogen-bond acceptors (Lipinski definition) is 2. The van der Waals surface area contributed by atoms with Crippen molar-refractivity contribution < 1.29 is 0 Å². The van der Waals surface area contributed by atoms with Crippen molar-refractivity contribution in [1.29, 1.82) is 0 Å². The Morgan fingerprint density at radius 1 is 1.22 bits per heavy atom. The van der Waals surface area contributed by atoms with E-state index < -0.39 is 0 Å². The fourth-order valence-electron chi connectivity index (χ4n) is 1.77. The molecule has 1 atom stereocenters. The molecule has 0 saturated heterocycles. The van der Waals surface area contributed by atoms with Gasteiger partial charge in [-0.2, -0.15) is 0 Å². The lowest BCUT2D eigenvalue weighted by atomic mass is 10.1. The number of thiophene rings is 1. The first-order valence-electron chi connectivity index (χ1n) is 5.85. The van der Waals surface area contributed by atoms with E-state index in [1.807, 2.05) is 18.2 Å². The van der Waals surface area contributed by atoms with Crippen molar-refractivity contribution in [3.8, 4) is 0 Å². The molecule has 0 aliphatic heterocycles. The van der Waals surface area contributed by atoms with Crippen LogP contribution in [-0.2, 0) is 13.0 Å². The smallest absolute Gasteiger partial charge is 0.0637 e. The van der Waals surface area contributed by atoms with Crippen LogP contribution in [0.25, 0.3) is 0 Å². The van der Waals surface area contributed by atoms with Gasteiger partial charge < -0.3 is 5.32 Å². The van der Waals surface area contributed by atoms with Gasteiger partial charge in [-0.25, -0.2) is 0 Å². The van der Waals surface area contributed by atoms with Gasteiger partial charge in [-0.3, -0.25) is 0 Å². The molecule has 1 heterocycles. The highest BCUT2D eigenvalue weighted by atomic mass is 35.5. The predicted molar refractivity (Wildman–Crippen MR) is 80.8 cm³/mol. The average Bonchev–Trinajstić information content (AvgIpc) is 2.84. The van der Waals surface area contributed by atoms with E-state index >= 15 is 0 Å². The average molecular weight is 300 g/mol. The third kappa shape index (κ3) is 3.72. The lowest BCUT2D eigenvalue weighted by molar-refractivity contribution is 0.549.